The summed E-state index contributed by atoms with van der Waals surface area (Å²) in [5.74, 6) is -0.259. The van der Waals surface area contributed by atoms with Crippen molar-refractivity contribution in [3.8, 4) is 0 Å². The Morgan fingerprint density at radius 1 is 1.32 bits per heavy atom. The monoisotopic (exact) mass is 464 g/mol. The molecule has 0 aliphatic carbocycles. The zero-order chi connectivity index (χ0) is 17.5. The van der Waals surface area contributed by atoms with Crippen molar-refractivity contribution in [3.05, 3.63) is 47.5 Å². The van der Waals surface area contributed by atoms with Crippen molar-refractivity contribution >= 4 is 29.9 Å². The van der Waals surface area contributed by atoms with Crippen molar-refractivity contribution in [3.63, 3.8) is 0 Å². The van der Waals surface area contributed by atoms with E-state index in [2.05, 4.69) is 27.1 Å². The molecule has 1 aliphatic heterocycles. The van der Waals surface area contributed by atoms with Gasteiger partial charge in [0.05, 0.1) is 0 Å². The Morgan fingerprint density at radius 2 is 2.00 bits per heavy atom. The summed E-state index contributed by atoms with van der Waals surface area (Å²) in [5, 5.41) is 6.41. The zero-order valence-electron chi connectivity index (χ0n) is 14.8. The number of guanidine groups is 1. The average molecular weight is 464 g/mol. The molecule has 0 atom stereocenters. The lowest BCUT2D eigenvalue weighted by atomic mass is 10.0. The fraction of sp³-hybridized carbons (Fsp3) is 0.500. The molecule has 0 radical (unpaired) electrons. The highest BCUT2D eigenvalue weighted by molar-refractivity contribution is 14.0. The number of piperidine rings is 1. The highest BCUT2D eigenvalue weighted by atomic mass is 127. The molecule has 1 aliphatic rings. The predicted molar refractivity (Wildman–Crippen MR) is 109 cm³/mol. The van der Waals surface area contributed by atoms with E-state index in [1.807, 2.05) is 6.92 Å². The average Bonchev–Trinajstić information content (AvgIpc) is 2.55. The maximum Gasteiger partial charge on any atom is 0.191 e. The number of nitrogens with zero attached hydrogens (tertiary/aromatic N) is 2. The third-order valence-electron chi connectivity index (χ3n) is 4.10. The first kappa shape index (κ1) is 21.8. The maximum atomic E-state index is 13.7. The van der Waals surface area contributed by atoms with Crippen LogP contribution in [0.4, 0.5) is 8.78 Å². The molecule has 1 heterocycles. The van der Waals surface area contributed by atoms with Crippen LogP contribution in [0.5, 0.6) is 0 Å². The number of hydrogen-bond acceptors (Lipinski definition) is 2. The third kappa shape index (κ3) is 7.27. The van der Waals surface area contributed by atoms with Gasteiger partial charge in [0.15, 0.2) is 5.96 Å². The van der Waals surface area contributed by atoms with Gasteiger partial charge in [-0.15, -0.1) is 24.0 Å². The van der Waals surface area contributed by atoms with E-state index in [9.17, 15) is 8.78 Å². The van der Waals surface area contributed by atoms with E-state index in [0.29, 0.717) is 12.0 Å². The van der Waals surface area contributed by atoms with Gasteiger partial charge >= 0.3 is 0 Å². The largest absolute Gasteiger partial charge is 0.354 e. The van der Waals surface area contributed by atoms with E-state index in [-0.39, 0.29) is 36.1 Å². The highest BCUT2D eigenvalue weighted by Crippen LogP contribution is 2.12. The molecule has 140 valence electrons. The molecule has 0 unspecified atom stereocenters. The molecular formula is C18H27F2IN4. The van der Waals surface area contributed by atoms with Crippen molar-refractivity contribution in [1.29, 1.82) is 0 Å². The summed E-state index contributed by atoms with van der Waals surface area (Å²) < 4.78 is 26.9. The quantitative estimate of drug-likeness (QED) is 0.304. The summed E-state index contributed by atoms with van der Waals surface area (Å²) in [5.41, 5.74) is 1.46. The van der Waals surface area contributed by atoms with Gasteiger partial charge in [0.25, 0.3) is 0 Å². The van der Waals surface area contributed by atoms with Gasteiger partial charge < -0.3 is 10.6 Å². The van der Waals surface area contributed by atoms with Gasteiger partial charge in [-0.2, -0.15) is 0 Å². The fourth-order valence-corrected chi connectivity index (χ4v) is 2.86. The van der Waals surface area contributed by atoms with Gasteiger partial charge in [-0.1, -0.05) is 12.2 Å². The van der Waals surface area contributed by atoms with Crippen LogP contribution in [0.2, 0.25) is 0 Å². The van der Waals surface area contributed by atoms with E-state index < -0.39 is 11.6 Å². The number of hydrogen-bond donors (Lipinski definition) is 2. The van der Waals surface area contributed by atoms with Gasteiger partial charge in [0, 0.05) is 44.8 Å². The lowest BCUT2D eigenvalue weighted by Crippen LogP contribution is -2.48. The van der Waals surface area contributed by atoms with Gasteiger partial charge in [0.2, 0.25) is 0 Å². The van der Waals surface area contributed by atoms with Crippen LogP contribution in [-0.4, -0.2) is 43.6 Å². The van der Waals surface area contributed by atoms with Crippen LogP contribution in [-0.2, 0) is 6.54 Å². The summed E-state index contributed by atoms with van der Waals surface area (Å²) in [4.78, 5) is 6.55. The van der Waals surface area contributed by atoms with Crippen molar-refractivity contribution in [2.24, 2.45) is 4.99 Å². The Labute approximate surface area is 165 Å². The van der Waals surface area contributed by atoms with E-state index in [1.165, 1.54) is 11.6 Å². The molecular weight excluding hydrogens is 437 g/mol. The van der Waals surface area contributed by atoms with E-state index in [0.717, 1.165) is 44.6 Å². The maximum absolute atomic E-state index is 13.7. The lowest BCUT2D eigenvalue weighted by molar-refractivity contribution is 0.221. The second-order valence-electron chi connectivity index (χ2n) is 6.31. The Hall–Kier alpha value is -1.22. The highest BCUT2D eigenvalue weighted by Gasteiger charge is 2.19. The SMILES string of the molecule is C=C(C)CN1CCC(NC(=NC)NCc2cc(F)ccc2F)CC1.I. The molecule has 2 N–H and O–H groups in total. The van der Waals surface area contributed by atoms with Gasteiger partial charge in [-0.3, -0.25) is 9.89 Å². The summed E-state index contributed by atoms with van der Waals surface area (Å²) >= 11 is 0. The van der Waals surface area contributed by atoms with Gasteiger partial charge in [-0.25, -0.2) is 8.78 Å². The topological polar surface area (TPSA) is 39.7 Å². The molecule has 7 heteroatoms. The number of halogens is 3. The molecule has 0 aromatic heterocycles. The normalized spacial score (nSPS) is 16.2. The Morgan fingerprint density at radius 3 is 2.60 bits per heavy atom. The summed E-state index contributed by atoms with van der Waals surface area (Å²) in [6, 6.07) is 3.78. The molecule has 0 spiro atoms. The molecule has 0 bridgehead atoms. The number of aliphatic imine (C=N–C) groups is 1. The van der Waals surface area contributed by atoms with Crippen LogP contribution >= 0.6 is 24.0 Å². The summed E-state index contributed by atoms with van der Waals surface area (Å²) in [7, 11) is 1.67. The third-order valence-corrected chi connectivity index (χ3v) is 4.10. The second-order valence-corrected chi connectivity index (χ2v) is 6.31. The number of nitrogens with one attached hydrogen (secondary N) is 2. The molecule has 25 heavy (non-hydrogen) atoms. The minimum absolute atomic E-state index is 0. The van der Waals surface area contributed by atoms with Crippen molar-refractivity contribution < 1.29 is 8.78 Å². The van der Waals surface area contributed by atoms with Crippen LogP contribution in [0, 0.1) is 11.6 Å². The Balaban J connectivity index is 0.00000312. The fourth-order valence-electron chi connectivity index (χ4n) is 2.86. The van der Waals surface area contributed by atoms with E-state index >= 15 is 0 Å². The number of benzene rings is 1. The summed E-state index contributed by atoms with van der Waals surface area (Å²) in [6.07, 6.45) is 2.03. The number of likely N-dealkylation sites (tertiary alicyclic amines) is 1. The Kier molecular flexibility index (Phi) is 9.34. The second kappa shape index (κ2) is 10.7. The molecule has 1 aromatic rings. The predicted octanol–water partition coefficient (Wildman–Crippen LogP) is 3.29. The first-order valence-electron chi connectivity index (χ1n) is 8.25. The van der Waals surface area contributed by atoms with Crippen molar-refractivity contribution in [2.75, 3.05) is 26.7 Å². The minimum atomic E-state index is -0.443. The van der Waals surface area contributed by atoms with Crippen LogP contribution in [0.3, 0.4) is 0 Å². The molecule has 0 amide bonds. The first-order valence-corrected chi connectivity index (χ1v) is 8.25. The molecule has 2 rings (SSSR count). The zero-order valence-corrected chi connectivity index (χ0v) is 17.1. The number of rotatable bonds is 5. The van der Waals surface area contributed by atoms with Crippen LogP contribution in [0.25, 0.3) is 0 Å². The van der Waals surface area contributed by atoms with Gasteiger partial charge in [-0.05, 0) is 38.0 Å². The van der Waals surface area contributed by atoms with Crippen molar-refractivity contribution in [1.82, 2.24) is 15.5 Å². The van der Waals surface area contributed by atoms with E-state index in [1.54, 1.807) is 7.05 Å². The van der Waals surface area contributed by atoms with Crippen LogP contribution < -0.4 is 10.6 Å². The minimum Gasteiger partial charge on any atom is -0.354 e. The first-order chi connectivity index (χ1) is 11.5. The molecule has 0 saturated carbocycles. The van der Waals surface area contributed by atoms with Crippen LogP contribution in [0.1, 0.15) is 25.3 Å². The molecule has 1 aromatic carbocycles. The van der Waals surface area contributed by atoms with Crippen LogP contribution in [0.15, 0.2) is 35.3 Å². The summed E-state index contributed by atoms with van der Waals surface area (Å²) in [6.45, 7) is 9.16. The van der Waals surface area contributed by atoms with E-state index in [4.69, 9.17) is 0 Å². The van der Waals surface area contributed by atoms with Crippen molar-refractivity contribution in [2.45, 2.75) is 32.4 Å². The lowest BCUT2D eigenvalue weighted by Gasteiger charge is -2.33. The molecule has 4 nitrogen and oxygen atoms in total. The molecule has 1 fully saturated rings. The standard InChI is InChI=1S/C18H26F2N4.HI/c1-13(2)12-24-8-6-16(7-9-24)23-18(21-3)22-11-14-10-15(19)4-5-17(14)20;/h4-5,10,16H,1,6-9,11-12H2,2-3H3,(H2,21,22,23);1H. The smallest absolute Gasteiger partial charge is 0.191 e. The van der Waals surface area contributed by atoms with Gasteiger partial charge in [0.1, 0.15) is 11.6 Å². The molecule has 1 saturated heterocycles. The Bertz CT molecular complexity index is 599.